The van der Waals surface area contributed by atoms with Gasteiger partial charge < -0.3 is 9.15 Å². The molecule has 0 aliphatic carbocycles. The Labute approximate surface area is 197 Å². The van der Waals surface area contributed by atoms with Crippen LogP contribution in [0, 0.1) is 11.3 Å². The van der Waals surface area contributed by atoms with Crippen LogP contribution in [0.4, 0.5) is 0 Å². The summed E-state index contributed by atoms with van der Waals surface area (Å²) in [7, 11) is 1.59. The van der Waals surface area contributed by atoms with Gasteiger partial charge in [-0.2, -0.15) is 5.26 Å². The van der Waals surface area contributed by atoms with E-state index in [1.807, 2.05) is 30.3 Å². The molecule has 0 aliphatic rings. The molecule has 2 aromatic carbocycles. The van der Waals surface area contributed by atoms with E-state index in [0.717, 1.165) is 10.8 Å². The summed E-state index contributed by atoms with van der Waals surface area (Å²) in [4.78, 5) is 21.4. The van der Waals surface area contributed by atoms with Gasteiger partial charge in [-0.1, -0.05) is 29.8 Å². The van der Waals surface area contributed by atoms with E-state index < -0.39 is 5.63 Å². The molecule has 0 saturated carbocycles. The number of rotatable bonds is 4. The molecular formula is C25H14ClN3O3S. The first-order chi connectivity index (χ1) is 16.1. The van der Waals surface area contributed by atoms with E-state index in [1.165, 1.54) is 11.3 Å². The van der Waals surface area contributed by atoms with Crippen molar-refractivity contribution in [3.05, 3.63) is 86.1 Å². The van der Waals surface area contributed by atoms with E-state index >= 15 is 0 Å². The van der Waals surface area contributed by atoms with Gasteiger partial charge in [0.1, 0.15) is 27.6 Å². The molecule has 0 aliphatic heterocycles. The second-order valence-electron chi connectivity index (χ2n) is 7.12. The molecule has 160 valence electrons. The average molecular weight is 472 g/mol. The second kappa shape index (κ2) is 8.51. The van der Waals surface area contributed by atoms with Crippen LogP contribution < -0.4 is 10.4 Å². The molecule has 3 heterocycles. The van der Waals surface area contributed by atoms with Crippen LogP contribution in [0.1, 0.15) is 10.6 Å². The number of allylic oxidation sites excluding steroid dienone is 1. The minimum absolute atomic E-state index is 0.260. The zero-order chi connectivity index (χ0) is 22.9. The molecule has 3 aromatic heterocycles. The highest BCUT2D eigenvalue weighted by atomic mass is 35.5. The van der Waals surface area contributed by atoms with E-state index in [9.17, 15) is 10.1 Å². The first kappa shape index (κ1) is 20.9. The maximum Gasteiger partial charge on any atom is 0.345 e. The van der Waals surface area contributed by atoms with E-state index in [2.05, 4.69) is 16.0 Å². The number of aromatic nitrogens is 2. The minimum Gasteiger partial charge on any atom is -0.497 e. The maximum absolute atomic E-state index is 12.5. The van der Waals surface area contributed by atoms with Crippen molar-refractivity contribution < 1.29 is 9.15 Å². The largest absolute Gasteiger partial charge is 0.497 e. The van der Waals surface area contributed by atoms with Crippen LogP contribution in [-0.2, 0) is 0 Å². The van der Waals surface area contributed by atoms with Crippen LogP contribution in [0.15, 0.2) is 69.2 Å². The summed E-state index contributed by atoms with van der Waals surface area (Å²) in [6, 6.07) is 18.5. The van der Waals surface area contributed by atoms with Gasteiger partial charge >= 0.3 is 5.63 Å². The molecule has 5 rings (SSSR count). The quantitative estimate of drug-likeness (QED) is 0.176. The van der Waals surface area contributed by atoms with Gasteiger partial charge in [-0.15, -0.1) is 11.3 Å². The highest BCUT2D eigenvalue weighted by Crippen LogP contribution is 2.30. The number of halogens is 1. The van der Waals surface area contributed by atoms with Gasteiger partial charge in [-0.3, -0.25) is 0 Å². The van der Waals surface area contributed by atoms with Gasteiger partial charge in [0.2, 0.25) is 0 Å². The zero-order valence-electron chi connectivity index (χ0n) is 17.2. The van der Waals surface area contributed by atoms with E-state index in [-0.39, 0.29) is 5.15 Å². The number of nitriles is 1. The van der Waals surface area contributed by atoms with Crippen molar-refractivity contribution in [3.8, 4) is 23.1 Å². The number of pyridine rings is 1. The van der Waals surface area contributed by atoms with Crippen molar-refractivity contribution in [1.82, 2.24) is 9.97 Å². The lowest BCUT2D eigenvalue weighted by molar-refractivity contribution is 0.415. The normalized spacial score (nSPS) is 11.6. The zero-order valence-corrected chi connectivity index (χ0v) is 18.8. The van der Waals surface area contributed by atoms with Crippen LogP contribution in [0.5, 0.6) is 5.75 Å². The first-order valence-electron chi connectivity index (χ1n) is 9.81. The molecule has 0 spiro atoms. The van der Waals surface area contributed by atoms with Crippen LogP contribution in [-0.4, -0.2) is 17.1 Å². The van der Waals surface area contributed by atoms with Crippen molar-refractivity contribution in [1.29, 1.82) is 5.26 Å². The molecule has 0 bridgehead atoms. The highest BCUT2D eigenvalue weighted by molar-refractivity contribution is 7.11. The molecule has 0 radical (unpaired) electrons. The number of thiazole rings is 1. The lowest BCUT2D eigenvalue weighted by Crippen LogP contribution is -2.02. The molecule has 6 nitrogen and oxygen atoms in total. The van der Waals surface area contributed by atoms with Gasteiger partial charge in [-0.25, -0.2) is 14.8 Å². The summed E-state index contributed by atoms with van der Waals surface area (Å²) >= 11 is 7.65. The predicted octanol–water partition coefficient (Wildman–Crippen LogP) is 6.19. The van der Waals surface area contributed by atoms with E-state index in [1.54, 1.807) is 42.8 Å². The Morgan fingerprint density at radius 3 is 2.82 bits per heavy atom. The molecule has 0 atom stereocenters. The van der Waals surface area contributed by atoms with Crippen molar-refractivity contribution in [2.45, 2.75) is 0 Å². The van der Waals surface area contributed by atoms with E-state index in [4.69, 9.17) is 20.8 Å². The Morgan fingerprint density at radius 2 is 2.00 bits per heavy atom. The van der Waals surface area contributed by atoms with Crippen molar-refractivity contribution in [2.75, 3.05) is 7.11 Å². The van der Waals surface area contributed by atoms with Crippen LogP contribution in [0.3, 0.4) is 0 Å². The molecule has 0 fully saturated rings. The molecule has 0 N–H and O–H groups in total. The number of methoxy groups -OCH3 is 1. The number of hydrogen-bond donors (Lipinski definition) is 0. The number of benzene rings is 2. The molecule has 8 heteroatoms. The summed E-state index contributed by atoms with van der Waals surface area (Å²) in [6.45, 7) is 0. The smallest absolute Gasteiger partial charge is 0.345 e. The lowest BCUT2D eigenvalue weighted by atomic mass is 10.1. The van der Waals surface area contributed by atoms with Gasteiger partial charge in [0.05, 0.1) is 29.5 Å². The van der Waals surface area contributed by atoms with Crippen molar-refractivity contribution in [2.24, 2.45) is 0 Å². The fourth-order valence-electron chi connectivity index (χ4n) is 3.43. The maximum atomic E-state index is 12.5. The van der Waals surface area contributed by atoms with Gasteiger partial charge in [0, 0.05) is 27.8 Å². The Morgan fingerprint density at radius 1 is 1.15 bits per heavy atom. The topological polar surface area (TPSA) is 89.0 Å². The monoisotopic (exact) mass is 471 g/mol. The summed E-state index contributed by atoms with van der Waals surface area (Å²) in [6.07, 6.45) is 1.64. The van der Waals surface area contributed by atoms with Gasteiger partial charge in [0.25, 0.3) is 0 Å². The average Bonchev–Trinajstić information content (AvgIpc) is 3.31. The minimum atomic E-state index is -0.481. The number of para-hydroxylation sites is 1. The molecule has 5 aromatic rings. The molecule has 33 heavy (non-hydrogen) atoms. The van der Waals surface area contributed by atoms with E-state index in [0.29, 0.717) is 44.3 Å². The lowest BCUT2D eigenvalue weighted by Gasteiger charge is -2.05. The predicted molar refractivity (Wildman–Crippen MR) is 130 cm³/mol. The standard InChI is InChI=1S/C25H14ClN3O3S/c1-31-18-7-6-14-8-16(23(26)28-20(14)11-18)9-17(12-27)24-29-21(13-33-24)19-10-15-4-2-3-5-22(15)32-25(19)30/h2-11,13H,1H3. The molecule has 0 amide bonds. The highest BCUT2D eigenvalue weighted by Gasteiger charge is 2.15. The van der Waals surface area contributed by atoms with Crippen molar-refractivity contribution >= 4 is 56.5 Å². The Bertz CT molecular complexity index is 1660. The Kier molecular flexibility index (Phi) is 5.38. The van der Waals surface area contributed by atoms with Crippen LogP contribution in [0.25, 0.3) is 44.8 Å². The fraction of sp³-hybridized carbons (Fsp3) is 0.0400. The molecule has 0 unspecified atom stereocenters. The van der Waals surface area contributed by atoms with Crippen LogP contribution in [0.2, 0.25) is 5.15 Å². The Hall–Kier alpha value is -3.99. The number of ether oxygens (including phenoxy) is 1. The third-order valence-corrected chi connectivity index (χ3v) is 6.26. The number of fused-ring (bicyclic) bond motifs is 2. The van der Waals surface area contributed by atoms with Gasteiger partial charge in [0.15, 0.2) is 0 Å². The second-order valence-corrected chi connectivity index (χ2v) is 8.34. The van der Waals surface area contributed by atoms with Gasteiger partial charge in [-0.05, 0) is 36.4 Å². The third-order valence-electron chi connectivity index (χ3n) is 5.08. The van der Waals surface area contributed by atoms with Crippen LogP contribution >= 0.6 is 22.9 Å². The summed E-state index contributed by atoms with van der Waals surface area (Å²) in [5.41, 5.74) is 2.41. The molecular weight excluding hydrogens is 458 g/mol. The molecule has 0 saturated heterocycles. The third kappa shape index (κ3) is 3.98. The first-order valence-corrected chi connectivity index (χ1v) is 11.1. The summed E-state index contributed by atoms with van der Waals surface area (Å²) in [5.74, 6) is 0.681. The summed E-state index contributed by atoms with van der Waals surface area (Å²) < 4.78 is 10.6. The number of nitrogens with zero attached hydrogens (tertiary/aromatic N) is 3. The Balaban J connectivity index is 1.55. The summed E-state index contributed by atoms with van der Waals surface area (Å²) in [5, 5.41) is 13.9. The van der Waals surface area contributed by atoms with Crippen molar-refractivity contribution in [3.63, 3.8) is 0 Å². The SMILES string of the molecule is COc1ccc2cc(C=C(C#N)c3nc(-c4cc5ccccc5oc4=O)cs3)c(Cl)nc2c1. The fourth-order valence-corrected chi connectivity index (χ4v) is 4.41. The number of hydrogen-bond acceptors (Lipinski definition) is 7.